The number of carbonyl (C=O) groups is 1. The molecule has 1 aliphatic rings. The van der Waals surface area contributed by atoms with Crippen molar-refractivity contribution in [3.05, 3.63) is 64.4 Å². The molecular formula is C18H19ClN2O2. The first kappa shape index (κ1) is 16.1. The van der Waals surface area contributed by atoms with Crippen molar-refractivity contribution < 1.29 is 9.90 Å². The van der Waals surface area contributed by atoms with Gasteiger partial charge in [0.15, 0.2) is 5.78 Å². The standard InChI is InChI=1S/C18H19ClN2O2/c19-18-8-5-14(11-21-18)16(22)6-7-17(23)15-9-12-3-1-2-4-13(12)10-20-15/h1-5,8,11,15,17,20,23H,6-7,9-10H2/t15-,17+/m0/s1. The predicted octanol–water partition coefficient (Wildman–Crippen LogP) is 2.77. The minimum Gasteiger partial charge on any atom is -0.391 e. The number of carbonyl (C=O) groups excluding carboxylic acids is 1. The van der Waals surface area contributed by atoms with Gasteiger partial charge in [-0.05, 0) is 36.1 Å². The number of Topliss-reactive ketones (excluding diaryl/α,β-unsaturated/α-hetero) is 1. The Hall–Kier alpha value is -1.75. The van der Waals surface area contributed by atoms with E-state index in [0.717, 1.165) is 13.0 Å². The van der Waals surface area contributed by atoms with E-state index in [1.165, 1.54) is 17.3 Å². The van der Waals surface area contributed by atoms with Gasteiger partial charge in [-0.3, -0.25) is 4.79 Å². The van der Waals surface area contributed by atoms with Gasteiger partial charge in [0.1, 0.15) is 5.15 Å². The molecule has 0 fully saturated rings. The van der Waals surface area contributed by atoms with Crippen LogP contribution in [0.15, 0.2) is 42.6 Å². The zero-order valence-electron chi connectivity index (χ0n) is 12.7. The molecule has 0 saturated carbocycles. The highest BCUT2D eigenvalue weighted by molar-refractivity contribution is 6.29. The van der Waals surface area contributed by atoms with Gasteiger partial charge in [0.25, 0.3) is 0 Å². The highest BCUT2D eigenvalue weighted by Crippen LogP contribution is 2.20. The zero-order valence-corrected chi connectivity index (χ0v) is 13.5. The second-order valence-corrected chi connectivity index (χ2v) is 6.25. The largest absolute Gasteiger partial charge is 0.391 e. The van der Waals surface area contributed by atoms with Crippen LogP contribution in [0.3, 0.4) is 0 Å². The smallest absolute Gasteiger partial charge is 0.164 e. The van der Waals surface area contributed by atoms with E-state index in [1.807, 2.05) is 12.1 Å². The van der Waals surface area contributed by atoms with Crippen LogP contribution in [0, 0.1) is 0 Å². The molecule has 3 rings (SSSR count). The third-order valence-corrected chi connectivity index (χ3v) is 4.52. The van der Waals surface area contributed by atoms with Gasteiger partial charge >= 0.3 is 0 Å². The van der Waals surface area contributed by atoms with Crippen LogP contribution in [0.1, 0.15) is 34.3 Å². The van der Waals surface area contributed by atoms with Crippen LogP contribution in [-0.2, 0) is 13.0 Å². The van der Waals surface area contributed by atoms with E-state index < -0.39 is 6.10 Å². The van der Waals surface area contributed by atoms with Gasteiger partial charge in [-0.25, -0.2) is 4.98 Å². The van der Waals surface area contributed by atoms with Gasteiger partial charge in [-0.2, -0.15) is 0 Å². The number of halogens is 1. The van der Waals surface area contributed by atoms with Crippen molar-refractivity contribution >= 4 is 17.4 Å². The maximum atomic E-state index is 12.1. The molecular weight excluding hydrogens is 312 g/mol. The predicted molar refractivity (Wildman–Crippen MR) is 89.6 cm³/mol. The van der Waals surface area contributed by atoms with Crippen molar-refractivity contribution in [2.45, 2.75) is 38.0 Å². The van der Waals surface area contributed by atoms with Gasteiger partial charge in [0.2, 0.25) is 0 Å². The fourth-order valence-corrected chi connectivity index (χ4v) is 3.03. The van der Waals surface area contributed by atoms with Crippen LogP contribution in [0.25, 0.3) is 0 Å². The normalized spacial score (nSPS) is 18.3. The number of aliphatic hydroxyl groups excluding tert-OH is 1. The van der Waals surface area contributed by atoms with Crippen LogP contribution < -0.4 is 5.32 Å². The number of benzene rings is 1. The third-order valence-electron chi connectivity index (χ3n) is 4.29. The third kappa shape index (κ3) is 3.96. The Balaban J connectivity index is 1.55. The first-order valence-electron chi connectivity index (χ1n) is 7.76. The summed E-state index contributed by atoms with van der Waals surface area (Å²) in [5, 5.41) is 14.1. The van der Waals surface area contributed by atoms with E-state index >= 15 is 0 Å². The topological polar surface area (TPSA) is 62.2 Å². The number of nitrogens with zero attached hydrogens (tertiary/aromatic N) is 1. The lowest BCUT2D eigenvalue weighted by Gasteiger charge is -2.29. The number of ketones is 1. The maximum absolute atomic E-state index is 12.1. The molecule has 0 unspecified atom stereocenters. The Morgan fingerprint density at radius 3 is 2.83 bits per heavy atom. The highest BCUT2D eigenvalue weighted by atomic mass is 35.5. The van der Waals surface area contributed by atoms with Crippen molar-refractivity contribution in [1.82, 2.24) is 10.3 Å². The molecule has 2 aromatic rings. The molecule has 0 spiro atoms. The Labute approximate surface area is 140 Å². The number of nitrogens with one attached hydrogen (secondary N) is 1. The highest BCUT2D eigenvalue weighted by Gasteiger charge is 2.24. The van der Waals surface area contributed by atoms with E-state index in [2.05, 4.69) is 22.4 Å². The molecule has 0 aliphatic carbocycles. The summed E-state index contributed by atoms with van der Waals surface area (Å²) in [6.45, 7) is 0.757. The van der Waals surface area contributed by atoms with Gasteiger partial charge in [0, 0.05) is 30.8 Å². The minimum absolute atomic E-state index is 0.0129. The molecule has 0 bridgehead atoms. The van der Waals surface area contributed by atoms with Crippen molar-refractivity contribution in [3.63, 3.8) is 0 Å². The summed E-state index contributed by atoms with van der Waals surface area (Å²) >= 11 is 5.72. The summed E-state index contributed by atoms with van der Waals surface area (Å²) in [6.07, 6.45) is 2.44. The van der Waals surface area contributed by atoms with Gasteiger partial charge in [-0.15, -0.1) is 0 Å². The molecule has 5 heteroatoms. The van der Waals surface area contributed by atoms with E-state index in [4.69, 9.17) is 11.6 Å². The number of aliphatic hydroxyl groups is 1. The first-order chi connectivity index (χ1) is 11.1. The molecule has 0 saturated heterocycles. The molecule has 23 heavy (non-hydrogen) atoms. The molecule has 1 aromatic carbocycles. The van der Waals surface area contributed by atoms with Crippen molar-refractivity contribution in [1.29, 1.82) is 0 Å². The summed E-state index contributed by atoms with van der Waals surface area (Å²) in [4.78, 5) is 16.0. The molecule has 0 amide bonds. The molecule has 1 aliphatic heterocycles. The Morgan fingerprint density at radius 1 is 1.30 bits per heavy atom. The van der Waals surface area contributed by atoms with E-state index in [0.29, 0.717) is 23.6 Å². The molecule has 4 nitrogen and oxygen atoms in total. The van der Waals surface area contributed by atoms with Crippen molar-refractivity contribution in [3.8, 4) is 0 Å². The van der Waals surface area contributed by atoms with Gasteiger partial charge in [0.05, 0.1) is 6.10 Å². The molecule has 120 valence electrons. The summed E-state index contributed by atoms with van der Waals surface area (Å²) in [5.41, 5.74) is 3.08. The van der Waals surface area contributed by atoms with E-state index in [1.54, 1.807) is 12.1 Å². The number of hydrogen-bond donors (Lipinski definition) is 2. The average Bonchev–Trinajstić information content (AvgIpc) is 2.59. The number of rotatable bonds is 5. The Morgan fingerprint density at radius 2 is 2.09 bits per heavy atom. The zero-order chi connectivity index (χ0) is 16.2. The van der Waals surface area contributed by atoms with E-state index in [-0.39, 0.29) is 11.8 Å². The van der Waals surface area contributed by atoms with Crippen LogP contribution in [0.5, 0.6) is 0 Å². The molecule has 2 N–H and O–H groups in total. The van der Waals surface area contributed by atoms with Crippen LogP contribution >= 0.6 is 11.6 Å². The van der Waals surface area contributed by atoms with E-state index in [9.17, 15) is 9.90 Å². The number of pyridine rings is 1. The average molecular weight is 331 g/mol. The van der Waals surface area contributed by atoms with Crippen LogP contribution in [-0.4, -0.2) is 28.0 Å². The SMILES string of the molecule is O=C(CC[C@@H](O)[C@@H]1Cc2ccccc2CN1)c1ccc(Cl)nc1. The second-order valence-electron chi connectivity index (χ2n) is 5.86. The summed E-state index contributed by atoms with van der Waals surface area (Å²) in [7, 11) is 0. The maximum Gasteiger partial charge on any atom is 0.164 e. The molecule has 0 radical (unpaired) electrons. The number of fused-ring (bicyclic) bond motifs is 1. The number of aromatic nitrogens is 1. The number of hydrogen-bond acceptors (Lipinski definition) is 4. The van der Waals surface area contributed by atoms with Crippen molar-refractivity contribution in [2.24, 2.45) is 0 Å². The lowest BCUT2D eigenvalue weighted by atomic mass is 9.91. The second kappa shape index (κ2) is 7.21. The fraction of sp³-hybridized carbons (Fsp3) is 0.333. The summed E-state index contributed by atoms with van der Waals surface area (Å²) < 4.78 is 0. The molecule has 2 atom stereocenters. The van der Waals surface area contributed by atoms with Crippen molar-refractivity contribution in [2.75, 3.05) is 0 Å². The Bertz CT molecular complexity index is 688. The quantitative estimate of drug-likeness (QED) is 0.653. The van der Waals surface area contributed by atoms with Crippen LogP contribution in [0.2, 0.25) is 5.15 Å². The molecule has 1 aromatic heterocycles. The van der Waals surface area contributed by atoms with Gasteiger partial charge in [-0.1, -0.05) is 35.9 Å². The van der Waals surface area contributed by atoms with Gasteiger partial charge < -0.3 is 10.4 Å². The lowest BCUT2D eigenvalue weighted by molar-refractivity contribution is 0.0877. The lowest BCUT2D eigenvalue weighted by Crippen LogP contribution is -2.44. The minimum atomic E-state index is -0.549. The summed E-state index contributed by atoms with van der Waals surface area (Å²) in [5.74, 6) is -0.0237. The first-order valence-corrected chi connectivity index (χ1v) is 8.14. The fourth-order valence-electron chi connectivity index (χ4n) is 2.92. The Kier molecular flexibility index (Phi) is 5.06. The monoisotopic (exact) mass is 330 g/mol. The summed E-state index contributed by atoms with van der Waals surface area (Å²) in [6, 6.07) is 11.5. The van der Waals surface area contributed by atoms with Crippen LogP contribution in [0.4, 0.5) is 0 Å². The molecule has 2 heterocycles.